The molecule has 3 aromatic rings. The molecular formula is C23H23BrN2O2. The highest BCUT2D eigenvalue weighted by atomic mass is 79.9. The number of terminal acetylenes is 1. The van der Waals surface area contributed by atoms with Crippen LogP contribution < -0.4 is 5.32 Å². The van der Waals surface area contributed by atoms with Crippen LogP contribution in [-0.4, -0.2) is 17.6 Å². The molecule has 3 rings (SSSR count). The van der Waals surface area contributed by atoms with Crippen LogP contribution in [0.4, 0.5) is 4.79 Å². The average Bonchev–Trinajstić information content (AvgIpc) is 3.04. The summed E-state index contributed by atoms with van der Waals surface area (Å²) in [5.74, 6) is 2.69. The second-order valence-corrected chi connectivity index (χ2v) is 7.48. The van der Waals surface area contributed by atoms with Crippen LogP contribution in [0.2, 0.25) is 0 Å². The number of fused-ring (bicyclic) bond motifs is 1. The second-order valence-electron chi connectivity index (χ2n) is 6.57. The van der Waals surface area contributed by atoms with Crippen LogP contribution in [-0.2, 0) is 24.2 Å². The van der Waals surface area contributed by atoms with E-state index in [-0.39, 0.29) is 6.61 Å². The predicted octanol–water partition coefficient (Wildman–Crippen LogP) is 5.36. The van der Waals surface area contributed by atoms with E-state index in [4.69, 9.17) is 11.2 Å². The van der Waals surface area contributed by atoms with E-state index in [1.165, 1.54) is 16.6 Å². The molecule has 1 amide bonds. The fourth-order valence-electron chi connectivity index (χ4n) is 3.21. The van der Waals surface area contributed by atoms with Crippen molar-refractivity contribution in [3.8, 4) is 12.3 Å². The third-order valence-corrected chi connectivity index (χ3v) is 5.05. The Morgan fingerprint density at radius 1 is 1.18 bits per heavy atom. The van der Waals surface area contributed by atoms with E-state index < -0.39 is 6.09 Å². The summed E-state index contributed by atoms with van der Waals surface area (Å²) in [5, 5.41) is 4.02. The number of H-pyrrole nitrogens is 1. The van der Waals surface area contributed by atoms with Gasteiger partial charge in [0.2, 0.25) is 0 Å². The lowest BCUT2D eigenvalue weighted by atomic mass is 10.0. The van der Waals surface area contributed by atoms with Gasteiger partial charge in [-0.1, -0.05) is 46.3 Å². The van der Waals surface area contributed by atoms with Gasteiger partial charge < -0.3 is 15.0 Å². The molecule has 0 saturated carbocycles. The maximum atomic E-state index is 12.0. The lowest BCUT2D eigenvalue weighted by Crippen LogP contribution is -2.26. The zero-order valence-corrected chi connectivity index (χ0v) is 17.2. The lowest BCUT2D eigenvalue weighted by Gasteiger charge is -2.08. The molecular weight excluding hydrogens is 416 g/mol. The molecule has 4 nitrogen and oxygen atoms in total. The number of rotatable bonds is 8. The largest absolute Gasteiger partial charge is 0.445 e. The van der Waals surface area contributed by atoms with Gasteiger partial charge in [0.05, 0.1) is 0 Å². The number of halogens is 1. The number of benzene rings is 2. The summed E-state index contributed by atoms with van der Waals surface area (Å²) >= 11 is 3.54. The molecule has 2 aromatic carbocycles. The summed E-state index contributed by atoms with van der Waals surface area (Å²) in [6.07, 6.45) is 8.28. The van der Waals surface area contributed by atoms with Crippen LogP contribution in [0, 0.1) is 12.3 Å². The zero-order valence-electron chi connectivity index (χ0n) is 15.6. The number of carbonyl (C=O) groups excluding carboxylic acids is 1. The topological polar surface area (TPSA) is 54.1 Å². The summed E-state index contributed by atoms with van der Waals surface area (Å²) in [4.78, 5) is 15.5. The molecule has 28 heavy (non-hydrogen) atoms. The fraction of sp³-hybridized carbons (Fsp3) is 0.261. The first-order chi connectivity index (χ1) is 13.7. The highest BCUT2D eigenvalue weighted by molar-refractivity contribution is 9.10. The van der Waals surface area contributed by atoms with Gasteiger partial charge in [0.15, 0.2) is 0 Å². The Kier molecular flexibility index (Phi) is 7.16. The monoisotopic (exact) mass is 438 g/mol. The molecule has 2 N–H and O–H groups in total. The Morgan fingerprint density at radius 3 is 2.79 bits per heavy atom. The quantitative estimate of drug-likeness (QED) is 0.367. The van der Waals surface area contributed by atoms with Crippen LogP contribution in [0.5, 0.6) is 0 Å². The minimum Gasteiger partial charge on any atom is -0.445 e. The third-order valence-electron chi connectivity index (χ3n) is 4.56. The van der Waals surface area contributed by atoms with Crippen molar-refractivity contribution in [1.29, 1.82) is 0 Å². The van der Waals surface area contributed by atoms with Crippen molar-refractivity contribution in [3.63, 3.8) is 0 Å². The normalized spacial score (nSPS) is 10.6. The number of hydrogen-bond donors (Lipinski definition) is 2. The second kappa shape index (κ2) is 10.0. The van der Waals surface area contributed by atoms with Crippen molar-refractivity contribution >= 4 is 32.9 Å². The number of nitrogens with one attached hydrogen (secondary N) is 2. The van der Waals surface area contributed by atoms with Crippen molar-refractivity contribution in [2.45, 2.75) is 32.3 Å². The van der Waals surface area contributed by atoms with E-state index >= 15 is 0 Å². The Labute approximate surface area is 173 Å². The van der Waals surface area contributed by atoms with E-state index in [0.29, 0.717) is 6.54 Å². The van der Waals surface area contributed by atoms with Crippen molar-refractivity contribution in [2.24, 2.45) is 0 Å². The van der Waals surface area contributed by atoms with Crippen molar-refractivity contribution in [3.05, 3.63) is 69.8 Å². The van der Waals surface area contributed by atoms with Gasteiger partial charge in [0, 0.05) is 34.0 Å². The molecule has 144 valence electrons. The van der Waals surface area contributed by atoms with Crippen LogP contribution in [0.1, 0.15) is 29.7 Å². The summed E-state index contributed by atoms with van der Waals surface area (Å²) in [6, 6.07) is 15.8. The maximum Gasteiger partial charge on any atom is 0.407 e. The number of carbonyl (C=O) groups is 1. The maximum absolute atomic E-state index is 12.0. The number of alkyl carbamates (subject to hydrolysis) is 1. The molecule has 1 heterocycles. The number of aromatic amines is 1. The van der Waals surface area contributed by atoms with Crippen LogP contribution in [0.25, 0.3) is 10.9 Å². The zero-order chi connectivity index (χ0) is 19.8. The summed E-state index contributed by atoms with van der Waals surface area (Å²) in [7, 11) is 0. The number of aryl methyl sites for hydroxylation is 1. The first-order valence-electron chi connectivity index (χ1n) is 9.34. The molecule has 0 radical (unpaired) electrons. The molecule has 0 unspecified atom stereocenters. The van der Waals surface area contributed by atoms with Gasteiger partial charge in [-0.05, 0) is 48.6 Å². The van der Waals surface area contributed by atoms with Gasteiger partial charge in [-0.2, -0.15) is 0 Å². The minimum atomic E-state index is -0.404. The average molecular weight is 439 g/mol. The number of amides is 1. The molecule has 0 aliphatic heterocycles. The van der Waals surface area contributed by atoms with Crippen molar-refractivity contribution in [1.82, 2.24) is 10.3 Å². The fourth-order valence-corrected chi connectivity index (χ4v) is 3.57. The van der Waals surface area contributed by atoms with Crippen LogP contribution in [0.3, 0.4) is 0 Å². The highest BCUT2D eigenvalue weighted by Gasteiger charge is 2.12. The standard InChI is InChI=1S/C23H23BrN2O2/c1-2-3-5-10-21-19(20-15-18(24)11-12-22(20)26-21)13-14-25-23(27)28-16-17-8-6-4-7-9-17/h1,4,6-9,11-12,15,26H,3,5,10,13-14,16H2,(H,25,27). The summed E-state index contributed by atoms with van der Waals surface area (Å²) in [5.41, 5.74) is 4.47. The molecule has 5 heteroatoms. The van der Waals surface area contributed by atoms with E-state index in [0.717, 1.165) is 41.2 Å². The Morgan fingerprint density at radius 2 is 2.00 bits per heavy atom. The van der Waals surface area contributed by atoms with Gasteiger partial charge in [-0.3, -0.25) is 0 Å². The predicted molar refractivity (Wildman–Crippen MR) is 116 cm³/mol. The molecule has 0 aliphatic carbocycles. The van der Waals surface area contributed by atoms with Crippen LogP contribution >= 0.6 is 15.9 Å². The van der Waals surface area contributed by atoms with E-state index in [9.17, 15) is 4.79 Å². The number of ether oxygens (including phenoxy) is 1. The smallest absolute Gasteiger partial charge is 0.407 e. The van der Waals surface area contributed by atoms with Crippen molar-refractivity contribution < 1.29 is 9.53 Å². The summed E-state index contributed by atoms with van der Waals surface area (Å²) in [6.45, 7) is 0.777. The van der Waals surface area contributed by atoms with Gasteiger partial charge in [0.25, 0.3) is 0 Å². The molecule has 0 bridgehead atoms. The molecule has 1 aromatic heterocycles. The van der Waals surface area contributed by atoms with Crippen LogP contribution in [0.15, 0.2) is 53.0 Å². The number of hydrogen-bond acceptors (Lipinski definition) is 2. The van der Waals surface area contributed by atoms with Gasteiger partial charge in [-0.25, -0.2) is 4.79 Å². The number of aromatic nitrogens is 1. The number of unbranched alkanes of at least 4 members (excludes halogenated alkanes) is 1. The molecule has 0 fully saturated rings. The van der Waals surface area contributed by atoms with E-state index in [2.05, 4.69) is 44.3 Å². The van der Waals surface area contributed by atoms with E-state index in [1.807, 2.05) is 36.4 Å². The van der Waals surface area contributed by atoms with E-state index in [1.54, 1.807) is 0 Å². The molecule has 0 saturated heterocycles. The Hall–Kier alpha value is -2.71. The molecule has 0 aliphatic rings. The lowest BCUT2D eigenvalue weighted by molar-refractivity contribution is 0.140. The van der Waals surface area contributed by atoms with Crippen molar-refractivity contribution in [2.75, 3.05) is 6.54 Å². The SMILES string of the molecule is C#CCCCc1[nH]c2ccc(Br)cc2c1CCNC(=O)OCc1ccccc1. The van der Waals surface area contributed by atoms with Gasteiger partial charge >= 0.3 is 6.09 Å². The first kappa shape index (κ1) is 20.0. The Balaban J connectivity index is 1.60. The minimum absolute atomic E-state index is 0.268. The van der Waals surface area contributed by atoms with Gasteiger partial charge in [-0.15, -0.1) is 12.3 Å². The highest BCUT2D eigenvalue weighted by Crippen LogP contribution is 2.27. The van der Waals surface area contributed by atoms with Gasteiger partial charge in [0.1, 0.15) is 6.61 Å². The Bertz CT molecular complexity index is 973. The molecule has 0 spiro atoms. The third kappa shape index (κ3) is 5.40. The first-order valence-corrected chi connectivity index (χ1v) is 10.1. The summed E-state index contributed by atoms with van der Waals surface area (Å²) < 4.78 is 6.31. The molecule has 0 atom stereocenters.